The Kier molecular flexibility index (Phi) is 6.54. The van der Waals surface area contributed by atoms with E-state index in [4.69, 9.17) is 11.6 Å². The molecule has 2 unspecified atom stereocenters. The predicted octanol–water partition coefficient (Wildman–Crippen LogP) is 5.00. The van der Waals surface area contributed by atoms with E-state index >= 15 is 0 Å². The highest BCUT2D eigenvalue weighted by atomic mass is 35.5. The number of hydrogen-bond acceptors (Lipinski definition) is 4. The van der Waals surface area contributed by atoms with Crippen LogP contribution in [0.25, 0.3) is 0 Å². The lowest BCUT2D eigenvalue weighted by molar-refractivity contribution is -0.143. The van der Waals surface area contributed by atoms with Gasteiger partial charge in [0.25, 0.3) is 0 Å². The van der Waals surface area contributed by atoms with Crippen molar-refractivity contribution < 1.29 is 4.79 Å². The van der Waals surface area contributed by atoms with E-state index in [-0.39, 0.29) is 5.41 Å². The second kappa shape index (κ2) is 8.88. The second-order valence-corrected chi connectivity index (χ2v) is 11.7. The van der Waals surface area contributed by atoms with Crippen molar-refractivity contribution in [2.75, 3.05) is 31.1 Å². The molecule has 0 bridgehead atoms. The Hall–Kier alpha value is -1.36. The summed E-state index contributed by atoms with van der Waals surface area (Å²) in [7, 11) is 0. The van der Waals surface area contributed by atoms with E-state index in [9.17, 15) is 4.79 Å². The van der Waals surface area contributed by atoms with Gasteiger partial charge in [0.1, 0.15) is 5.82 Å². The minimum Gasteiger partial charge on any atom is -0.356 e. The fourth-order valence-corrected chi connectivity index (χ4v) is 6.28. The molecule has 1 amide bonds. The summed E-state index contributed by atoms with van der Waals surface area (Å²) in [4.78, 5) is 26.9. The molecular weight excluding hydrogens is 408 g/mol. The average Bonchev–Trinajstić information content (AvgIpc) is 2.66. The highest BCUT2D eigenvalue weighted by Crippen LogP contribution is 2.39. The summed E-state index contributed by atoms with van der Waals surface area (Å²) in [6.07, 6.45) is 6.54. The zero-order chi connectivity index (χ0) is 22.3. The van der Waals surface area contributed by atoms with Crippen molar-refractivity contribution in [1.82, 2.24) is 14.9 Å². The normalized spacial score (nSPS) is 24.9. The van der Waals surface area contributed by atoms with E-state index in [2.05, 4.69) is 54.4 Å². The summed E-state index contributed by atoms with van der Waals surface area (Å²) >= 11 is 6.27. The van der Waals surface area contributed by atoms with E-state index in [0.29, 0.717) is 34.9 Å². The molecule has 3 heterocycles. The number of carbonyl (C=O) groups is 1. The average molecular weight is 447 g/mol. The third kappa shape index (κ3) is 4.86. The van der Waals surface area contributed by atoms with Crippen LogP contribution in [0.3, 0.4) is 0 Å². The standard InChI is InChI=1S/C25H39ClN4O/c1-16(2)12-25(4,5)23(31)29-10-6-7-18(13-29)19-14-30(15-19)22-20-11-17(3)8-9-21(20)27-24(26)28-22/h16-19H,6-15H2,1-5H3. The van der Waals surface area contributed by atoms with Crippen LogP contribution >= 0.6 is 11.6 Å². The van der Waals surface area contributed by atoms with Crippen LogP contribution in [-0.2, 0) is 17.6 Å². The summed E-state index contributed by atoms with van der Waals surface area (Å²) in [6.45, 7) is 14.8. The molecule has 1 aromatic heterocycles. The molecule has 0 saturated carbocycles. The Balaban J connectivity index is 1.40. The van der Waals surface area contributed by atoms with Gasteiger partial charge in [0.2, 0.25) is 11.2 Å². The highest BCUT2D eigenvalue weighted by molar-refractivity contribution is 6.28. The van der Waals surface area contributed by atoms with Crippen molar-refractivity contribution in [3.8, 4) is 0 Å². The Morgan fingerprint density at radius 2 is 1.90 bits per heavy atom. The lowest BCUT2D eigenvalue weighted by Gasteiger charge is -2.48. The van der Waals surface area contributed by atoms with Gasteiger partial charge in [-0.05, 0) is 73.8 Å². The summed E-state index contributed by atoms with van der Waals surface area (Å²) in [6, 6.07) is 0. The molecule has 5 nitrogen and oxygen atoms in total. The van der Waals surface area contributed by atoms with Crippen molar-refractivity contribution in [1.29, 1.82) is 0 Å². The zero-order valence-electron chi connectivity index (χ0n) is 20.0. The monoisotopic (exact) mass is 446 g/mol. The SMILES string of the molecule is CC(C)CC(C)(C)C(=O)N1CCCC(C2CN(c3nc(Cl)nc4c3CC(C)CC4)C2)C1. The van der Waals surface area contributed by atoms with Crippen molar-refractivity contribution >= 4 is 23.3 Å². The predicted molar refractivity (Wildman–Crippen MR) is 126 cm³/mol. The largest absolute Gasteiger partial charge is 0.356 e. The van der Waals surface area contributed by atoms with Crippen LogP contribution in [0.1, 0.15) is 71.6 Å². The Bertz CT molecular complexity index is 818. The van der Waals surface area contributed by atoms with Gasteiger partial charge in [0, 0.05) is 37.2 Å². The van der Waals surface area contributed by atoms with Crippen LogP contribution in [0.4, 0.5) is 5.82 Å². The maximum atomic E-state index is 13.2. The molecule has 4 rings (SSSR count). The first kappa shape index (κ1) is 22.8. The first-order valence-electron chi connectivity index (χ1n) is 12.2. The van der Waals surface area contributed by atoms with Crippen LogP contribution in [0, 0.1) is 29.1 Å². The number of fused-ring (bicyclic) bond motifs is 1. The summed E-state index contributed by atoms with van der Waals surface area (Å²) in [5.41, 5.74) is 2.20. The summed E-state index contributed by atoms with van der Waals surface area (Å²) in [5, 5.41) is 0.383. The molecule has 2 aliphatic heterocycles. The number of aryl methyl sites for hydroxylation is 1. The topological polar surface area (TPSA) is 49.3 Å². The number of likely N-dealkylation sites (tertiary alicyclic amines) is 1. The minimum absolute atomic E-state index is 0.269. The first-order chi connectivity index (χ1) is 14.6. The number of piperidine rings is 1. The lowest BCUT2D eigenvalue weighted by Crippen LogP contribution is -2.55. The maximum Gasteiger partial charge on any atom is 0.228 e. The van der Waals surface area contributed by atoms with Crippen LogP contribution in [0.5, 0.6) is 0 Å². The van der Waals surface area contributed by atoms with E-state index in [0.717, 1.165) is 63.4 Å². The third-order valence-corrected chi connectivity index (χ3v) is 7.76. The quantitative estimate of drug-likeness (QED) is 0.597. The second-order valence-electron chi connectivity index (χ2n) is 11.4. The molecule has 172 valence electrons. The smallest absolute Gasteiger partial charge is 0.228 e. The van der Waals surface area contributed by atoms with E-state index in [1.165, 1.54) is 18.4 Å². The molecule has 0 spiro atoms. The fraction of sp³-hybridized carbons (Fsp3) is 0.800. The number of halogens is 1. The summed E-state index contributed by atoms with van der Waals surface area (Å²) < 4.78 is 0. The van der Waals surface area contributed by atoms with Crippen LogP contribution in [0.2, 0.25) is 5.28 Å². The molecule has 0 radical (unpaired) electrons. The van der Waals surface area contributed by atoms with Crippen molar-refractivity contribution in [2.24, 2.45) is 29.1 Å². The molecule has 3 aliphatic rings. The molecule has 2 saturated heterocycles. The maximum absolute atomic E-state index is 13.2. The van der Waals surface area contributed by atoms with Gasteiger partial charge >= 0.3 is 0 Å². The van der Waals surface area contributed by atoms with E-state index < -0.39 is 0 Å². The fourth-order valence-electron chi connectivity index (χ4n) is 6.10. The van der Waals surface area contributed by atoms with Gasteiger partial charge in [0.05, 0.1) is 5.69 Å². The van der Waals surface area contributed by atoms with Gasteiger partial charge in [-0.25, -0.2) is 9.97 Å². The van der Waals surface area contributed by atoms with Crippen molar-refractivity contribution in [3.05, 3.63) is 16.5 Å². The molecule has 0 aromatic carbocycles. The Morgan fingerprint density at radius 1 is 1.16 bits per heavy atom. The van der Waals surface area contributed by atoms with E-state index in [1.807, 2.05) is 0 Å². The molecule has 1 aliphatic carbocycles. The molecule has 0 N–H and O–H groups in total. The van der Waals surface area contributed by atoms with Gasteiger partial charge in [0.15, 0.2) is 0 Å². The zero-order valence-corrected chi connectivity index (χ0v) is 20.7. The number of anilines is 1. The molecule has 6 heteroatoms. The van der Waals surface area contributed by atoms with Gasteiger partial charge in [-0.2, -0.15) is 0 Å². The molecule has 1 aromatic rings. The third-order valence-electron chi connectivity index (χ3n) is 7.59. The van der Waals surface area contributed by atoms with Gasteiger partial charge < -0.3 is 9.80 Å². The van der Waals surface area contributed by atoms with E-state index in [1.54, 1.807) is 0 Å². The number of hydrogen-bond donors (Lipinski definition) is 0. The van der Waals surface area contributed by atoms with Gasteiger partial charge in [-0.15, -0.1) is 0 Å². The molecular formula is C25H39ClN4O. The van der Waals surface area contributed by atoms with Crippen LogP contribution in [0.15, 0.2) is 0 Å². The lowest BCUT2D eigenvalue weighted by atomic mass is 9.78. The van der Waals surface area contributed by atoms with Crippen LogP contribution < -0.4 is 4.90 Å². The number of amides is 1. The number of rotatable bonds is 5. The Morgan fingerprint density at radius 3 is 2.61 bits per heavy atom. The molecule has 2 fully saturated rings. The van der Waals surface area contributed by atoms with Crippen molar-refractivity contribution in [2.45, 2.75) is 73.1 Å². The van der Waals surface area contributed by atoms with Crippen LogP contribution in [-0.4, -0.2) is 47.0 Å². The number of nitrogens with zero attached hydrogens (tertiary/aromatic N) is 4. The number of carbonyl (C=O) groups excluding carboxylic acids is 1. The van der Waals surface area contributed by atoms with Gasteiger partial charge in [-0.3, -0.25) is 4.79 Å². The van der Waals surface area contributed by atoms with Crippen molar-refractivity contribution in [3.63, 3.8) is 0 Å². The summed E-state index contributed by atoms with van der Waals surface area (Å²) in [5.74, 6) is 3.85. The molecule has 31 heavy (non-hydrogen) atoms. The van der Waals surface area contributed by atoms with Gasteiger partial charge in [-0.1, -0.05) is 34.6 Å². The Labute approximate surface area is 193 Å². The first-order valence-corrected chi connectivity index (χ1v) is 12.6. The minimum atomic E-state index is -0.269. The highest BCUT2D eigenvalue weighted by Gasteiger charge is 2.41. The molecule has 2 atom stereocenters. The number of aromatic nitrogens is 2.